The minimum atomic E-state index is -0.0197. The van der Waals surface area contributed by atoms with Crippen molar-refractivity contribution in [2.75, 3.05) is 6.54 Å². The molecule has 0 spiro atoms. The van der Waals surface area contributed by atoms with Crippen molar-refractivity contribution in [1.29, 1.82) is 0 Å². The molecule has 0 aliphatic carbocycles. The number of hydrogen-bond donors (Lipinski definition) is 1. The maximum atomic E-state index is 10.7. The van der Waals surface area contributed by atoms with E-state index in [1.807, 2.05) is 53.4 Å². The topological polar surface area (TPSA) is 46.9 Å². The van der Waals surface area contributed by atoms with E-state index in [0.717, 1.165) is 11.3 Å². The Morgan fingerprint density at radius 1 is 1.39 bits per heavy atom. The Balaban J connectivity index is 1.98. The SMILES string of the molecule is CC(=O)NCC=Cc1ccc(-n2cccn2)cc1. The molecule has 0 radical (unpaired) electrons. The molecule has 0 saturated heterocycles. The van der Waals surface area contributed by atoms with E-state index in [0.29, 0.717) is 6.54 Å². The van der Waals surface area contributed by atoms with Crippen molar-refractivity contribution in [1.82, 2.24) is 15.1 Å². The quantitative estimate of drug-likeness (QED) is 0.890. The minimum Gasteiger partial charge on any atom is -0.353 e. The first-order valence-corrected chi connectivity index (χ1v) is 5.77. The van der Waals surface area contributed by atoms with Crippen LogP contribution in [0.3, 0.4) is 0 Å². The fourth-order valence-electron chi connectivity index (χ4n) is 1.56. The second-order valence-electron chi connectivity index (χ2n) is 3.88. The number of hydrogen-bond acceptors (Lipinski definition) is 2. The number of nitrogens with zero attached hydrogens (tertiary/aromatic N) is 2. The van der Waals surface area contributed by atoms with Gasteiger partial charge in [-0.05, 0) is 23.8 Å². The van der Waals surface area contributed by atoms with Gasteiger partial charge in [-0.1, -0.05) is 24.3 Å². The molecule has 1 aromatic heterocycles. The van der Waals surface area contributed by atoms with Crippen LogP contribution in [0.25, 0.3) is 11.8 Å². The van der Waals surface area contributed by atoms with Gasteiger partial charge in [-0.15, -0.1) is 0 Å². The van der Waals surface area contributed by atoms with Crippen molar-refractivity contribution in [2.45, 2.75) is 6.92 Å². The summed E-state index contributed by atoms with van der Waals surface area (Å²) in [5, 5.41) is 6.87. The van der Waals surface area contributed by atoms with Gasteiger partial charge in [0.05, 0.1) is 5.69 Å². The van der Waals surface area contributed by atoms with E-state index in [-0.39, 0.29) is 5.91 Å². The first-order valence-electron chi connectivity index (χ1n) is 5.77. The van der Waals surface area contributed by atoms with Crippen molar-refractivity contribution in [2.24, 2.45) is 0 Å². The molecule has 1 amide bonds. The smallest absolute Gasteiger partial charge is 0.217 e. The summed E-state index contributed by atoms with van der Waals surface area (Å²) in [5.74, 6) is -0.0197. The lowest BCUT2D eigenvalue weighted by molar-refractivity contribution is -0.118. The molecule has 1 aromatic carbocycles. The fraction of sp³-hybridized carbons (Fsp3) is 0.143. The molecule has 4 heteroatoms. The Labute approximate surface area is 106 Å². The number of rotatable bonds is 4. The van der Waals surface area contributed by atoms with Gasteiger partial charge in [0.1, 0.15) is 0 Å². The predicted octanol–water partition coefficient (Wildman–Crippen LogP) is 2.02. The van der Waals surface area contributed by atoms with E-state index in [4.69, 9.17) is 0 Å². The van der Waals surface area contributed by atoms with Gasteiger partial charge in [0.2, 0.25) is 5.91 Å². The van der Waals surface area contributed by atoms with Crippen molar-refractivity contribution in [3.8, 4) is 5.69 Å². The molecular weight excluding hydrogens is 226 g/mol. The number of carbonyl (C=O) groups is 1. The summed E-state index contributed by atoms with van der Waals surface area (Å²) < 4.78 is 1.81. The van der Waals surface area contributed by atoms with E-state index in [1.165, 1.54) is 6.92 Å². The highest BCUT2D eigenvalue weighted by Crippen LogP contribution is 2.09. The van der Waals surface area contributed by atoms with E-state index in [9.17, 15) is 4.79 Å². The van der Waals surface area contributed by atoms with E-state index in [2.05, 4.69) is 10.4 Å². The molecule has 0 bridgehead atoms. The summed E-state index contributed by atoms with van der Waals surface area (Å²) in [7, 11) is 0. The third-order valence-corrected chi connectivity index (χ3v) is 2.44. The van der Waals surface area contributed by atoms with E-state index >= 15 is 0 Å². The van der Waals surface area contributed by atoms with Crippen molar-refractivity contribution in [3.05, 3.63) is 54.4 Å². The molecule has 2 rings (SSSR count). The zero-order chi connectivity index (χ0) is 12.8. The summed E-state index contributed by atoms with van der Waals surface area (Å²) >= 11 is 0. The first kappa shape index (κ1) is 12.1. The number of benzene rings is 1. The molecule has 2 aromatic rings. The molecule has 1 heterocycles. The Morgan fingerprint density at radius 3 is 2.78 bits per heavy atom. The lowest BCUT2D eigenvalue weighted by Crippen LogP contribution is -2.19. The second-order valence-corrected chi connectivity index (χ2v) is 3.88. The summed E-state index contributed by atoms with van der Waals surface area (Å²) in [6.45, 7) is 2.06. The Morgan fingerprint density at radius 2 is 2.17 bits per heavy atom. The van der Waals surface area contributed by atoms with Gasteiger partial charge in [0, 0.05) is 25.9 Å². The zero-order valence-electron chi connectivity index (χ0n) is 10.2. The van der Waals surface area contributed by atoms with Crippen LogP contribution >= 0.6 is 0 Å². The summed E-state index contributed by atoms with van der Waals surface area (Å²) in [6.07, 6.45) is 7.55. The van der Waals surface area contributed by atoms with Crippen LogP contribution in [0, 0.1) is 0 Å². The van der Waals surface area contributed by atoms with Crippen LogP contribution in [0.15, 0.2) is 48.8 Å². The molecule has 0 saturated carbocycles. The van der Waals surface area contributed by atoms with Crippen LogP contribution < -0.4 is 5.32 Å². The molecule has 1 N–H and O–H groups in total. The van der Waals surface area contributed by atoms with Gasteiger partial charge in [0.15, 0.2) is 0 Å². The normalized spacial score (nSPS) is 10.7. The van der Waals surface area contributed by atoms with Gasteiger partial charge >= 0.3 is 0 Å². The summed E-state index contributed by atoms with van der Waals surface area (Å²) in [6, 6.07) is 9.93. The molecule has 0 fully saturated rings. The fourth-order valence-corrected chi connectivity index (χ4v) is 1.56. The van der Waals surface area contributed by atoms with Gasteiger partial charge < -0.3 is 5.32 Å². The summed E-state index contributed by atoms with van der Waals surface area (Å²) in [4.78, 5) is 10.7. The molecule has 0 aliphatic rings. The summed E-state index contributed by atoms with van der Waals surface area (Å²) in [5.41, 5.74) is 2.12. The lowest BCUT2D eigenvalue weighted by atomic mass is 10.2. The lowest BCUT2D eigenvalue weighted by Gasteiger charge is -2.01. The minimum absolute atomic E-state index is 0.0197. The van der Waals surface area contributed by atoms with Crippen LogP contribution in [0.2, 0.25) is 0 Å². The maximum Gasteiger partial charge on any atom is 0.217 e. The average molecular weight is 241 g/mol. The highest BCUT2D eigenvalue weighted by molar-refractivity contribution is 5.73. The highest BCUT2D eigenvalue weighted by atomic mass is 16.1. The zero-order valence-corrected chi connectivity index (χ0v) is 10.2. The second kappa shape index (κ2) is 5.82. The molecule has 4 nitrogen and oxygen atoms in total. The predicted molar refractivity (Wildman–Crippen MR) is 71.3 cm³/mol. The van der Waals surface area contributed by atoms with Crippen LogP contribution in [0.4, 0.5) is 0 Å². The Hall–Kier alpha value is -2.36. The largest absolute Gasteiger partial charge is 0.353 e. The average Bonchev–Trinajstić information content (AvgIpc) is 2.89. The standard InChI is InChI=1S/C14H15N3O/c1-12(18)15-9-2-4-13-5-7-14(8-6-13)17-11-3-10-16-17/h2-8,10-11H,9H2,1H3,(H,15,18). The highest BCUT2D eigenvalue weighted by Gasteiger charge is 1.94. The van der Waals surface area contributed by atoms with Crippen LogP contribution in [-0.2, 0) is 4.79 Å². The molecule has 92 valence electrons. The van der Waals surface area contributed by atoms with Crippen molar-refractivity contribution >= 4 is 12.0 Å². The molecule has 0 unspecified atom stereocenters. The third kappa shape index (κ3) is 3.31. The maximum absolute atomic E-state index is 10.7. The van der Waals surface area contributed by atoms with Gasteiger partial charge in [-0.3, -0.25) is 4.79 Å². The van der Waals surface area contributed by atoms with E-state index in [1.54, 1.807) is 6.20 Å². The molecular formula is C14H15N3O. The van der Waals surface area contributed by atoms with Gasteiger partial charge in [-0.25, -0.2) is 4.68 Å². The van der Waals surface area contributed by atoms with Crippen molar-refractivity contribution in [3.63, 3.8) is 0 Å². The van der Waals surface area contributed by atoms with Crippen LogP contribution in [-0.4, -0.2) is 22.2 Å². The number of aromatic nitrogens is 2. The van der Waals surface area contributed by atoms with Gasteiger partial charge in [0.25, 0.3) is 0 Å². The molecule has 18 heavy (non-hydrogen) atoms. The molecule has 0 atom stereocenters. The number of amides is 1. The number of nitrogens with one attached hydrogen (secondary N) is 1. The first-order chi connectivity index (χ1) is 8.75. The van der Waals surface area contributed by atoms with Crippen molar-refractivity contribution < 1.29 is 4.79 Å². The third-order valence-electron chi connectivity index (χ3n) is 2.44. The number of carbonyl (C=O) groups excluding carboxylic acids is 1. The van der Waals surface area contributed by atoms with E-state index < -0.39 is 0 Å². The van der Waals surface area contributed by atoms with Crippen LogP contribution in [0.1, 0.15) is 12.5 Å². The Kier molecular flexibility index (Phi) is 3.91. The van der Waals surface area contributed by atoms with Crippen LogP contribution in [0.5, 0.6) is 0 Å². The van der Waals surface area contributed by atoms with Gasteiger partial charge in [-0.2, -0.15) is 5.10 Å². The molecule has 0 aliphatic heterocycles. The monoisotopic (exact) mass is 241 g/mol. The Bertz CT molecular complexity index is 527.